The van der Waals surface area contributed by atoms with Gasteiger partial charge in [-0.3, -0.25) is 0 Å². The van der Waals surface area contributed by atoms with Gasteiger partial charge >= 0.3 is 0 Å². The highest BCUT2D eigenvalue weighted by atomic mass is 14.3. The lowest BCUT2D eigenvalue weighted by Gasteiger charge is -2.05. The molecule has 8 bridgehead atoms. The fourth-order valence-corrected chi connectivity index (χ4v) is 7.63. The van der Waals surface area contributed by atoms with E-state index in [2.05, 4.69) is 121 Å². The highest BCUT2D eigenvalue weighted by Gasteiger charge is 2.26. The van der Waals surface area contributed by atoms with Crippen molar-refractivity contribution in [1.82, 2.24) is 0 Å². The van der Waals surface area contributed by atoms with Crippen LogP contribution in [0.1, 0.15) is 47.9 Å². The molecule has 5 aliphatic rings. The van der Waals surface area contributed by atoms with Crippen molar-refractivity contribution >= 4 is 44.6 Å². The van der Waals surface area contributed by atoms with Gasteiger partial charge in [-0.05, 0) is 113 Å². The van der Waals surface area contributed by atoms with Crippen LogP contribution in [-0.4, -0.2) is 0 Å². The van der Waals surface area contributed by atoms with Gasteiger partial charge in [-0.1, -0.05) is 121 Å². The molecule has 0 heterocycles. The SMILES string of the molecule is C1=C2\C/C(=C\C3=c4ccccc4=C(/C=C4\C/C(=C\C5=c6ccccc6=C/1C5)c1ccccc14)C3)c1ccccc12. The van der Waals surface area contributed by atoms with Gasteiger partial charge in [0, 0.05) is 0 Å². The van der Waals surface area contributed by atoms with E-state index < -0.39 is 0 Å². The third-order valence-corrected chi connectivity index (χ3v) is 9.39. The molecular weight excluding hydrogens is 480 g/mol. The summed E-state index contributed by atoms with van der Waals surface area (Å²) >= 11 is 0. The maximum Gasteiger partial charge on any atom is -0.00132 e. The monoisotopic (exact) mass is 508 g/mol. The Balaban J connectivity index is 1.38. The van der Waals surface area contributed by atoms with E-state index in [0.29, 0.717) is 0 Å². The quantitative estimate of drug-likeness (QED) is 0.253. The van der Waals surface area contributed by atoms with E-state index in [0.717, 1.165) is 25.7 Å². The molecule has 4 aromatic carbocycles. The lowest BCUT2D eigenvalue weighted by atomic mass is 9.99. The topological polar surface area (TPSA) is 0 Å². The smallest absolute Gasteiger partial charge is 0.00132 e. The van der Waals surface area contributed by atoms with Crippen molar-refractivity contribution in [3.05, 3.63) is 164 Å². The van der Waals surface area contributed by atoms with Crippen molar-refractivity contribution in [3.63, 3.8) is 0 Å². The van der Waals surface area contributed by atoms with Crippen LogP contribution in [0.3, 0.4) is 0 Å². The first-order valence-corrected chi connectivity index (χ1v) is 14.4. The van der Waals surface area contributed by atoms with E-state index in [1.165, 1.54) is 87.7 Å². The number of hydrogen-bond donors (Lipinski definition) is 0. The maximum atomic E-state index is 2.51. The molecule has 9 rings (SSSR count). The summed E-state index contributed by atoms with van der Waals surface area (Å²) < 4.78 is 0. The molecule has 0 radical (unpaired) electrons. The van der Waals surface area contributed by atoms with Crippen LogP contribution in [0.5, 0.6) is 0 Å². The second-order valence-corrected chi connectivity index (χ2v) is 11.7. The summed E-state index contributed by atoms with van der Waals surface area (Å²) in [6.07, 6.45) is 14.0. The average Bonchev–Trinajstić information content (AvgIpc) is 3.73. The van der Waals surface area contributed by atoms with Crippen LogP contribution in [0.15, 0.2) is 121 Å². The molecule has 188 valence electrons. The number of rotatable bonds is 0. The molecule has 0 N–H and O–H groups in total. The first-order valence-electron chi connectivity index (χ1n) is 14.4. The zero-order chi connectivity index (χ0) is 26.2. The highest BCUT2D eigenvalue weighted by molar-refractivity contribution is 6.02. The lowest BCUT2D eigenvalue weighted by molar-refractivity contribution is 1.43. The van der Waals surface area contributed by atoms with E-state index in [-0.39, 0.29) is 0 Å². The van der Waals surface area contributed by atoms with Crippen LogP contribution in [0.25, 0.3) is 44.6 Å². The molecule has 0 aliphatic heterocycles. The standard InChI is InChI=1S/C40H28/c1-2-10-34-26-17-25(33(34)9-1)21-27-18-29(37-13-4-3-11-35(27)37)23-31-20-32(40-16-8-7-15-39(31)40)24-30-19-28(22-26)36-12-5-6-14-38(30)36/h1-16,21-24H,17-20H2/b25-21+,26-22+,27-21?,28-22?,29-23?,30-24?,31-23+,32-24+. The van der Waals surface area contributed by atoms with Gasteiger partial charge < -0.3 is 0 Å². The van der Waals surface area contributed by atoms with Crippen LogP contribution >= 0.6 is 0 Å². The van der Waals surface area contributed by atoms with E-state index in [9.17, 15) is 0 Å². The Morgan fingerprint density at radius 3 is 0.800 bits per heavy atom. The molecule has 0 atom stereocenters. The van der Waals surface area contributed by atoms with Gasteiger partial charge in [-0.15, -0.1) is 0 Å². The van der Waals surface area contributed by atoms with Crippen molar-refractivity contribution in [1.29, 1.82) is 0 Å². The van der Waals surface area contributed by atoms with Gasteiger partial charge in [-0.25, -0.2) is 0 Å². The Morgan fingerprint density at radius 1 is 0.275 bits per heavy atom. The van der Waals surface area contributed by atoms with Crippen molar-refractivity contribution in [2.24, 2.45) is 0 Å². The van der Waals surface area contributed by atoms with Crippen LogP contribution in [0, 0.1) is 0 Å². The molecule has 0 fully saturated rings. The predicted molar refractivity (Wildman–Crippen MR) is 168 cm³/mol. The summed E-state index contributed by atoms with van der Waals surface area (Å²) in [4.78, 5) is 0. The molecule has 4 aromatic rings. The van der Waals surface area contributed by atoms with Crippen molar-refractivity contribution < 1.29 is 0 Å². The minimum atomic E-state index is 0.981. The van der Waals surface area contributed by atoms with Crippen molar-refractivity contribution in [2.75, 3.05) is 0 Å². The minimum Gasteiger partial charge on any atom is -0.0616 e. The summed E-state index contributed by atoms with van der Waals surface area (Å²) in [7, 11) is 0. The Kier molecular flexibility index (Phi) is 4.66. The van der Waals surface area contributed by atoms with Gasteiger partial charge in [0.15, 0.2) is 0 Å². The maximum absolute atomic E-state index is 2.51. The molecule has 0 unspecified atom stereocenters. The average molecular weight is 509 g/mol. The third-order valence-electron chi connectivity index (χ3n) is 9.39. The minimum absolute atomic E-state index is 0.981. The molecule has 5 aliphatic carbocycles. The number of allylic oxidation sites excluding steroid dienone is 8. The number of fused-ring (bicyclic) bond motifs is 16. The molecule has 0 heteroatoms. The Labute approximate surface area is 234 Å². The summed E-state index contributed by atoms with van der Waals surface area (Å²) in [5.41, 5.74) is 17.1. The fourth-order valence-electron chi connectivity index (χ4n) is 7.63. The molecular formula is C40H28. The lowest BCUT2D eigenvalue weighted by Crippen LogP contribution is -2.23. The first kappa shape index (κ1) is 22.2. The van der Waals surface area contributed by atoms with E-state index >= 15 is 0 Å². The van der Waals surface area contributed by atoms with E-state index in [1.54, 1.807) is 0 Å². The molecule has 0 amide bonds. The zero-order valence-electron chi connectivity index (χ0n) is 22.4. The summed E-state index contributed by atoms with van der Waals surface area (Å²) in [6, 6.07) is 36.1. The van der Waals surface area contributed by atoms with Gasteiger partial charge in [0.05, 0.1) is 0 Å². The second kappa shape index (κ2) is 8.41. The molecule has 0 nitrogen and oxygen atoms in total. The number of benzene rings is 4. The van der Waals surface area contributed by atoms with Crippen LogP contribution in [-0.2, 0) is 0 Å². The third kappa shape index (κ3) is 3.26. The van der Waals surface area contributed by atoms with Gasteiger partial charge in [0.2, 0.25) is 0 Å². The van der Waals surface area contributed by atoms with Crippen LogP contribution < -0.4 is 20.9 Å². The summed E-state index contributed by atoms with van der Waals surface area (Å²) in [5, 5.41) is 5.56. The first-order chi connectivity index (χ1) is 19.8. The van der Waals surface area contributed by atoms with Gasteiger partial charge in [-0.2, -0.15) is 0 Å². The predicted octanol–water partition coefficient (Wildman–Crippen LogP) is 6.55. The van der Waals surface area contributed by atoms with E-state index in [1.807, 2.05) is 0 Å². The second-order valence-electron chi connectivity index (χ2n) is 11.7. The Morgan fingerprint density at radius 2 is 0.525 bits per heavy atom. The normalized spacial score (nSPS) is 23.2. The van der Waals surface area contributed by atoms with Crippen molar-refractivity contribution in [3.8, 4) is 0 Å². The Bertz CT molecular complexity index is 1880. The van der Waals surface area contributed by atoms with Gasteiger partial charge in [0.1, 0.15) is 0 Å². The Hall–Kier alpha value is -4.68. The molecule has 0 aromatic heterocycles. The molecule has 0 saturated carbocycles. The zero-order valence-corrected chi connectivity index (χ0v) is 22.4. The van der Waals surface area contributed by atoms with Gasteiger partial charge in [0.25, 0.3) is 0 Å². The van der Waals surface area contributed by atoms with Crippen molar-refractivity contribution in [2.45, 2.75) is 25.7 Å². The fraction of sp³-hybridized carbons (Fsp3) is 0.100. The van der Waals surface area contributed by atoms with Crippen LogP contribution in [0.2, 0.25) is 0 Å². The van der Waals surface area contributed by atoms with E-state index in [4.69, 9.17) is 0 Å². The largest absolute Gasteiger partial charge is 0.0616 e. The molecule has 0 spiro atoms. The number of hydrogen-bond acceptors (Lipinski definition) is 0. The molecule has 0 saturated heterocycles. The summed E-state index contributed by atoms with van der Waals surface area (Å²) in [6.45, 7) is 0. The van der Waals surface area contributed by atoms with Crippen LogP contribution in [0.4, 0.5) is 0 Å². The summed E-state index contributed by atoms with van der Waals surface area (Å²) in [5.74, 6) is 0. The molecule has 40 heavy (non-hydrogen) atoms. The highest BCUT2D eigenvalue weighted by Crippen LogP contribution is 2.45.